The fourth-order valence-electron chi connectivity index (χ4n) is 4.38. The van der Waals surface area contributed by atoms with Crippen LogP contribution in [-0.2, 0) is 21.2 Å². The normalized spacial score (nSPS) is 21.2. The van der Waals surface area contributed by atoms with Gasteiger partial charge in [-0.2, -0.15) is 9.29 Å². The molecule has 31 heavy (non-hydrogen) atoms. The van der Waals surface area contributed by atoms with Gasteiger partial charge in [-0.3, -0.25) is 4.79 Å². The van der Waals surface area contributed by atoms with Gasteiger partial charge in [0.2, 0.25) is 27.6 Å². The molecule has 0 radical (unpaired) electrons. The van der Waals surface area contributed by atoms with Crippen LogP contribution in [0.2, 0.25) is 0 Å². The van der Waals surface area contributed by atoms with Gasteiger partial charge < -0.3 is 9.42 Å². The minimum atomic E-state index is -3.70. The lowest BCUT2D eigenvalue weighted by molar-refractivity contribution is -0.136. The molecule has 0 unspecified atom stereocenters. The van der Waals surface area contributed by atoms with E-state index >= 15 is 0 Å². The van der Waals surface area contributed by atoms with Gasteiger partial charge in [0.15, 0.2) is 0 Å². The van der Waals surface area contributed by atoms with Gasteiger partial charge in [-0.25, -0.2) is 8.42 Å². The summed E-state index contributed by atoms with van der Waals surface area (Å²) in [7, 11) is -3.70. The van der Waals surface area contributed by atoms with E-state index in [1.54, 1.807) is 13.0 Å². The minimum absolute atomic E-state index is 0.114. The molecule has 0 aliphatic carbocycles. The third-order valence-corrected chi connectivity index (χ3v) is 9.30. The van der Waals surface area contributed by atoms with Crippen LogP contribution >= 0.6 is 11.3 Å². The van der Waals surface area contributed by atoms with Crippen molar-refractivity contribution in [3.05, 3.63) is 16.8 Å². The Morgan fingerprint density at radius 3 is 2.61 bits per heavy atom. The van der Waals surface area contributed by atoms with Crippen molar-refractivity contribution in [2.45, 2.75) is 63.7 Å². The zero-order chi connectivity index (χ0) is 22.0. The Morgan fingerprint density at radius 2 is 1.94 bits per heavy atom. The molecule has 2 saturated heterocycles. The van der Waals surface area contributed by atoms with E-state index in [1.165, 1.54) is 15.6 Å². The average Bonchev–Trinajstić information content (AvgIpc) is 3.32. The van der Waals surface area contributed by atoms with Crippen LogP contribution in [0.3, 0.4) is 0 Å². The van der Waals surface area contributed by atoms with Crippen molar-refractivity contribution < 1.29 is 17.7 Å². The lowest BCUT2D eigenvalue weighted by Gasteiger charge is -2.34. The van der Waals surface area contributed by atoms with Crippen LogP contribution in [-0.4, -0.2) is 59.8 Å². The number of piperidine rings is 1. The summed E-state index contributed by atoms with van der Waals surface area (Å²) in [5.41, 5.74) is 0. The predicted octanol–water partition coefficient (Wildman–Crippen LogP) is 3.47. The molecular formula is C21H30N4O4S2. The molecule has 0 bridgehead atoms. The summed E-state index contributed by atoms with van der Waals surface area (Å²) in [6.07, 6.45) is 6.47. The first-order valence-corrected chi connectivity index (χ1v) is 13.4. The molecule has 2 aliphatic rings. The van der Waals surface area contributed by atoms with E-state index in [9.17, 15) is 13.2 Å². The van der Waals surface area contributed by atoms with Gasteiger partial charge in [0.05, 0.1) is 15.7 Å². The van der Waals surface area contributed by atoms with Gasteiger partial charge in [0, 0.05) is 37.5 Å². The maximum Gasteiger partial charge on any atom is 0.244 e. The van der Waals surface area contributed by atoms with E-state index in [2.05, 4.69) is 10.1 Å². The molecular weight excluding hydrogens is 436 g/mol. The van der Waals surface area contributed by atoms with Gasteiger partial charge >= 0.3 is 0 Å². The number of aryl methyl sites for hydroxylation is 2. The van der Waals surface area contributed by atoms with Crippen molar-refractivity contribution in [1.82, 2.24) is 19.3 Å². The van der Waals surface area contributed by atoms with E-state index in [4.69, 9.17) is 4.52 Å². The Kier molecular flexibility index (Phi) is 6.78. The molecule has 4 rings (SSSR count). The van der Waals surface area contributed by atoms with Crippen molar-refractivity contribution in [2.24, 2.45) is 5.92 Å². The second-order valence-corrected chi connectivity index (χ2v) is 11.5. The van der Waals surface area contributed by atoms with E-state index in [1.807, 2.05) is 11.8 Å². The molecule has 0 spiro atoms. The van der Waals surface area contributed by atoms with Crippen LogP contribution in [0.15, 0.2) is 15.5 Å². The van der Waals surface area contributed by atoms with Crippen LogP contribution in [0.1, 0.15) is 56.2 Å². The Morgan fingerprint density at radius 1 is 1.19 bits per heavy atom. The Hall–Kier alpha value is -1.78. The fourth-order valence-corrected chi connectivity index (χ4v) is 7.39. The molecule has 8 nitrogen and oxygen atoms in total. The lowest BCUT2D eigenvalue weighted by Crippen LogP contribution is -2.47. The van der Waals surface area contributed by atoms with Gasteiger partial charge in [0.1, 0.15) is 0 Å². The molecule has 0 N–H and O–H groups in total. The first-order chi connectivity index (χ1) is 14.9. The molecule has 2 fully saturated rings. The van der Waals surface area contributed by atoms with Gasteiger partial charge in [0.25, 0.3) is 0 Å². The maximum absolute atomic E-state index is 13.5. The Labute approximate surface area is 187 Å². The summed E-state index contributed by atoms with van der Waals surface area (Å²) < 4.78 is 33.6. The third-order valence-electron chi connectivity index (χ3n) is 6.13. The number of carbonyl (C=O) groups is 1. The minimum Gasteiger partial charge on any atom is -0.342 e. The number of aromatic nitrogens is 2. The molecule has 1 amide bonds. The van der Waals surface area contributed by atoms with E-state index < -0.39 is 10.0 Å². The SMILES string of the molecule is CCc1nc(-c2cc(S(=O)(=O)N3CCC[C@@H](C(=O)N4CCCCCC4)C3)c(C)s2)no1. The number of likely N-dealkylation sites (tertiary alicyclic amines) is 1. The summed E-state index contributed by atoms with van der Waals surface area (Å²) in [6.45, 7) is 6.00. The van der Waals surface area contributed by atoms with E-state index in [0.29, 0.717) is 40.9 Å². The standard InChI is InChI=1S/C21H30N4O4S2/c1-3-19-22-20(23-29-19)17-13-18(15(2)30-17)31(27,28)25-12-8-9-16(14-25)21(26)24-10-6-4-5-7-11-24/h13,16H,3-12,14H2,1-2H3/t16-/m1/s1. The van der Waals surface area contributed by atoms with E-state index in [-0.39, 0.29) is 23.3 Å². The summed E-state index contributed by atoms with van der Waals surface area (Å²) >= 11 is 1.35. The van der Waals surface area contributed by atoms with Crippen molar-refractivity contribution in [3.63, 3.8) is 0 Å². The number of hydrogen-bond acceptors (Lipinski definition) is 7. The van der Waals surface area contributed by atoms with Gasteiger partial charge in [-0.05, 0) is 38.7 Å². The second kappa shape index (κ2) is 9.38. The molecule has 0 aromatic carbocycles. The number of sulfonamides is 1. The third kappa shape index (κ3) is 4.70. The number of amides is 1. The molecule has 0 saturated carbocycles. The molecule has 2 aromatic heterocycles. The van der Waals surface area contributed by atoms with Crippen molar-refractivity contribution in [2.75, 3.05) is 26.2 Å². The van der Waals surface area contributed by atoms with E-state index in [0.717, 1.165) is 45.2 Å². The quantitative estimate of drug-likeness (QED) is 0.669. The maximum atomic E-state index is 13.5. The largest absolute Gasteiger partial charge is 0.342 e. The van der Waals surface area contributed by atoms with Crippen molar-refractivity contribution >= 4 is 27.3 Å². The first-order valence-electron chi connectivity index (χ1n) is 11.1. The highest BCUT2D eigenvalue weighted by Gasteiger charge is 2.36. The number of thiophene rings is 1. The topological polar surface area (TPSA) is 96.6 Å². The molecule has 1 atom stereocenters. The highest BCUT2D eigenvalue weighted by Crippen LogP contribution is 2.35. The summed E-state index contributed by atoms with van der Waals surface area (Å²) in [5, 5.41) is 3.97. The summed E-state index contributed by atoms with van der Waals surface area (Å²) in [5.74, 6) is 0.795. The van der Waals surface area contributed by atoms with Gasteiger partial charge in [-0.15, -0.1) is 11.3 Å². The summed E-state index contributed by atoms with van der Waals surface area (Å²) in [6, 6.07) is 1.64. The molecule has 4 heterocycles. The van der Waals surface area contributed by atoms with Crippen molar-refractivity contribution in [1.29, 1.82) is 0 Å². The Bertz CT molecular complexity index is 1020. The smallest absolute Gasteiger partial charge is 0.244 e. The highest BCUT2D eigenvalue weighted by atomic mass is 32.2. The second-order valence-electron chi connectivity index (χ2n) is 8.34. The highest BCUT2D eigenvalue weighted by molar-refractivity contribution is 7.89. The molecule has 2 aromatic rings. The van der Waals surface area contributed by atoms with Crippen LogP contribution < -0.4 is 0 Å². The number of hydrogen-bond donors (Lipinski definition) is 0. The van der Waals surface area contributed by atoms with Crippen LogP contribution in [0, 0.1) is 12.8 Å². The van der Waals surface area contributed by atoms with Gasteiger partial charge in [-0.1, -0.05) is 24.9 Å². The first kappa shape index (κ1) is 22.4. The van der Waals surface area contributed by atoms with Crippen LogP contribution in [0.5, 0.6) is 0 Å². The molecule has 170 valence electrons. The van der Waals surface area contributed by atoms with Crippen LogP contribution in [0.4, 0.5) is 0 Å². The Balaban J connectivity index is 1.52. The number of rotatable bonds is 5. The molecule has 2 aliphatic heterocycles. The monoisotopic (exact) mass is 466 g/mol. The zero-order valence-electron chi connectivity index (χ0n) is 18.2. The van der Waals surface area contributed by atoms with Crippen LogP contribution in [0.25, 0.3) is 10.7 Å². The molecule has 10 heteroatoms. The number of nitrogens with zero attached hydrogens (tertiary/aromatic N) is 4. The number of carbonyl (C=O) groups excluding carboxylic acids is 1. The average molecular weight is 467 g/mol. The zero-order valence-corrected chi connectivity index (χ0v) is 19.8. The fraction of sp³-hybridized carbons (Fsp3) is 0.667. The van der Waals surface area contributed by atoms with Crippen molar-refractivity contribution in [3.8, 4) is 10.7 Å². The summed E-state index contributed by atoms with van der Waals surface area (Å²) in [4.78, 5) is 21.0. The predicted molar refractivity (Wildman–Crippen MR) is 118 cm³/mol. The lowest BCUT2D eigenvalue weighted by atomic mass is 9.98.